The third kappa shape index (κ3) is 7.87. The number of nitrogens with one attached hydrogen (secondary N) is 1. The number of carbonyl (C=O) groups excluding carboxylic acids is 2. The summed E-state index contributed by atoms with van der Waals surface area (Å²) >= 11 is 0. The normalized spacial score (nSPS) is 11.7. The fraction of sp³-hybridized carbons (Fsp3) is 0.440. The van der Waals surface area contributed by atoms with Crippen LogP contribution in [0.1, 0.15) is 39.2 Å². The molecule has 0 spiro atoms. The molecule has 174 valence electrons. The summed E-state index contributed by atoms with van der Waals surface area (Å²) in [4.78, 5) is 27.0. The molecule has 0 saturated heterocycles. The third-order valence-corrected chi connectivity index (χ3v) is 5.01. The van der Waals surface area contributed by atoms with Crippen LogP contribution in [-0.4, -0.2) is 43.0 Å². The van der Waals surface area contributed by atoms with Crippen molar-refractivity contribution in [2.45, 2.75) is 46.2 Å². The molecule has 1 N–H and O–H groups in total. The Morgan fingerprint density at radius 3 is 2.31 bits per heavy atom. The topological polar surface area (TPSA) is 67.9 Å². The van der Waals surface area contributed by atoms with Crippen molar-refractivity contribution < 1.29 is 23.5 Å². The van der Waals surface area contributed by atoms with E-state index in [0.717, 1.165) is 5.75 Å². The Kier molecular flexibility index (Phi) is 9.98. The van der Waals surface area contributed by atoms with Crippen molar-refractivity contribution in [1.29, 1.82) is 0 Å². The molecule has 2 aromatic rings. The van der Waals surface area contributed by atoms with Crippen LogP contribution in [0.5, 0.6) is 11.5 Å². The maximum Gasteiger partial charge on any atom is 0.242 e. The van der Waals surface area contributed by atoms with Gasteiger partial charge in [-0.25, -0.2) is 4.39 Å². The predicted octanol–water partition coefficient (Wildman–Crippen LogP) is 4.18. The van der Waals surface area contributed by atoms with E-state index >= 15 is 0 Å². The molecule has 2 rings (SSSR count). The summed E-state index contributed by atoms with van der Waals surface area (Å²) in [7, 11) is 1.60. The van der Waals surface area contributed by atoms with Crippen LogP contribution in [0.4, 0.5) is 4.39 Å². The maximum atomic E-state index is 14.2. The van der Waals surface area contributed by atoms with Gasteiger partial charge in [-0.15, -0.1) is 0 Å². The average Bonchev–Trinajstić information content (AvgIpc) is 2.79. The Labute approximate surface area is 189 Å². The fourth-order valence-corrected chi connectivity index (χ4v) is 3.07. The van der Waals surface area contributed by atoms with Gasteiger partial charge in [-0.05, 0) is 49.6 Å². The standard InChI is InChI=1S/C25H33FN2O4/c1-18(2)16-27-25(30)19(3)28(17-20-8-5-6-9-23(20)26)24(29)10-7-15-32-22-13-11-21(31-4)12-14-22/h5-6,8-9,11-14,18-19H,7,10,15-17H2,1-4H3,(H,27,30)/t19-/m0/s1. The van der Waals surface area contributed by atoms with Gasteiger partial charge in [0, 0.05) is 25.1 Å². The quantitative estimate of drug-likeness (QED) is 0.499. The van der Waals surface area contributed by atoms with Crippen molar-refractivity contribution >= 4 is 11.8 Å². The van der Waals surface area contributed by atoms with E-state index in [1.54, 1.807) is 56.5 Å². The zero-order valence-corrected chi connectivity index (χ0v) is 19.3. The molecule has 0 aliphatic rings. The first-order chi connectivity index (χ1) is 15.3. The van der Waals surface area contributed by atoms with E-state index in [0.29, 0.717) is 30.9 Å². The van der Waals surface area contributed by atoms with Crippen molar-refractivity contribution in [3.8, 4) is 11.5 Å². The molecule has 0 bridgehead atoms. The number of carbonyl (C=O) groups is 2. The van der Waals surface area contributed by atoms with Gasteiger partial charge in [-0.3, -0.25) is 9.59 Å². The number of ether oxygens (including phenoxy) is 2. The van der Waals surface area contributed by atoms with Crippen LogP contribution >= 0.6 is 0 Å². The van der Waals surface area contributed by atoms with Crippen molar-refractivity contribution in [2.75, 3.05) is 20.3 Å². The molecule has 0 heterocycles. The van der Waals surface area contributed by atoms with Crippen LogP contribution in [-0.2, 0) is 16.1 Å². The molecule has 32 heavy (non-hydrogen) atoms. The molecule has 2 amide bonds. The molecule has 2 aromatic carbocycles. The fourth-order valence-electron chi connectivity index (χ4n) is 3.07. The summed E-state index contributed by atoms with van der Waals surface area (Å²) in [5.41, 5.74) is 0.374. The Bertz CT molecular complexity index is 871. The lowest BCUT2D eigenvalue weighted by Gasteiger charge is -2.29. The number of rotatable bonds is 12. The lowest BCUT2D eigenvalue weighted by atomic mass is 10.1. The molecule has 0 aliphatic heterocycles. The molecule has 0 aromatic heterocycles. The van der Waals surface area contributed by atoms with Crippen LogP contribution < -0.4 is 14.8 Å². The Morgan fingerprint density at radius 2 is 1.69 bits per heavy atom. The molecule has 0 unspecified atom stereocenters. The number of methoxy groups -OCH3 is 1. The number of hydrogen-bond donors (Lipinski definition) is 1. The predicted molar refractivity (Wildman–Crippen MR) is 122 cm³/mol. The highest BCUT2D eigenvalue weighted by Gasteiger charge is 2.26. The third-order valence-electron chi connectivity index (χ3n) is 5.01. The molecule has 6 nitrogen and oxygen atoms in total. The monoisotopic (exact) mass is 444 g/mol. The van der Waals surface area contributed by atoms with Crippen molar-refractivity contribution in [3.63, 3.8) is 0 Å². The van der Waals surface area contributed by atoms with E-state index < -0.39 is 11.9 Å². The largest absolute Gasteiger partial charge is 0.497 e. The number of nitrogens with zero attached hydrogens (tertiary/aromatic N) is 1. The van der Waals surface area contributed by atoms with Gasteiger partial charge in [0.2, 0.25) is 11.8 Å². The minimum Gasteiger partial charge on any atom is -0.497 e. The van der Waals surface area contributed by atoms with Gasteiger partial charge in [-0.2, -0.15) is 0 Å². The first-order valence-corrected chi connectivity index (χ1v) is 10.9. The van der Waals surface area contributed by atoms with Crippen LogP contribution in [0.25, 0.3) is 0 Å². The van der Waals surface area contributed by atoms with Crippen molar-refractivity contribution in [3.05, 3.63) is 59.9 Å². The van der Waals surface area contributed by atoms with Gasteiger partial charge in [0.15, 0.2) is 0 Å². The minimum atomic E-state index is -0.719. The first-order valence-electron chi connectivity index (χ1n) is 10.9. The van der Waals surface area contributed by atoms with Crippen molar-refractivity contribution in [2.24, 2.45) is 5.92 Å². The van der Waals surface area contributed by atoms with Crippen LogP contribution in [0.2, 0.25) is 0 Å². The molecule has 1 atom stereocenters. The lowest BCUT2D eigenvalue weighted by molar-refractivity contribution is -0.140. The summed E-state index contributed by atoms with van der Waals surface area (Å²) in [6.45, 7) is 6.55. The highest BCUT2D eigenvalue weighted by Crippen LogP contribution is 2.18. The second-order valence-corrected chi connectivity index (χ2v) is 8.06. The summed E-state index contributed by atoms with van der Waals surface area (Å²) in [5.74, 6) is 0.834. The second kappa shape index (κ2) is 12.7. The SMILES string of the molecule is COc1ccc(OCCCC(=O)N(Cc2ccccc2F)[C@@H](C)C(=O)NCC(C)C)cc1. The average molecular weight is 445 g/mol. The van der Waals surface area contributed by atoms with E-state index in [-0.39, 0.29) is 30.7 Å². The minimum absolute atomic E-state index is 0.0289. The highest BCUT2D eigenvalue weighted by atomic mass is 19.1. The van der Waals surface area contributed by atoms with Crippen LogP contribution in [0, 0.1) is 11.7 Å². The lowest BCUT2D eigenvalue weighted by Crippen LogP contribution is -2.48. The first kappa shape index (κ1) is 25.2. The smallest absolute Gasteiger partial charge is 0.242 e. The highest BCUT2D eigenvalue weighted by molar-refractivity contribution is 5.87. The maximum absolute atomic E-state index is 14.2. The van der Waals surface area contributed by atoms with E-state index in [2.05, 4.69) is 5.32 Å². The number of amides is 2. The number of hydrogen-bond acceptors (Lipinski definition) is 4. The van der Waals surface area contributed by atoms with Crippen LogP contribution in [0.3, 0.4) is 0 Å². The zero-order valence-electron chi connectivity index (χ0n) is 19.3. The van der Waals surface area contributed by atoms with E-state index in [9.17, 15) is 14.0 Å². The summed E-state index contributed by atoms with van der Waals surface area (Å²) < 4.78 is 25.0. The molecule has 0 radical (unpaired) electrons. The summed E-state index contributed by atoms with van der Waals surface area (Å²) in [6.07, 6.45) is 0.658. The van der Waals surface area contributed by atoms with Gasteiger partial charge in [-0.1, -0.05) is 32.0 Å². The number of halogens is 1. The van der Waals surface area contributed by atoms with E-state index in [1.165, 1.54) is 11.0 Å². The van der Waals surface area contributed by atoms with Crippen LogP contribution in [0.15, 0.2) is 48.5 Å². The molecular weight excluding hydrogens is 411 g/mol. The molecule has 0 fully saturated rings. The van der Waals surface area contributed by atoms with Gasteiger partial charge >= 0.3 is 0 Å². The van der Waals surface area contributed by atoms with E-state index in [4.69, 9.17) is 9.47 Å². The number of benzene rings is 2. The van der Waals surface area contributed by atoms with Gasteiger partial charge < -0.3 is 19.7 Å². The van der Waals surface area contributed by atoms with Crippen molar-refractivity contribution in [1.82, 2.24) is 10.2 Å². The van der Waals surface area contributed by atoms with Gasteiger partial charge in [0.1, 0.15) is 23.4 Å². The molecule has 0 aliphatic carbocycles. The zero-order chi connectivity index (χ0) is 23.5. The second-order valence-electron chi connectivity index (χ2n) is 8.06. The molecular formula is C25H33FN2O4. The molecule has 7 heteroatoms. The van der Waals surface area contributed by atoms with Gasteiger partial charge in [0.05, 0.1) is 13.7 Å². The van der Waals surface area contributed by atoms with E-state index in [1.807, 2.05) is 13.8 Å². The Morgan fingerprint density at radius 1 is 1.03 bits per heavy atom. The van der Waals surface area contributed by atoms with Gasteiger partial charge in [0.25, 0.3) is 0 Å². The Hall–Kier alpha value is -3.09. The Balaban J connectivity index is 1.98. The summed E-state index contributed by atoms with van der Waals surface area (Å²) in [6, 6.07) is 12.8. The molecule has 0 saturated carbocycles. The summed E-state index contributed by atoms with van der Waals surface area (Å²) in [5, 5.41) is 2.85.